The molecule has 0 aliphatic rings. The van der Waals surface area contributed by atoms with Gasteiger partial charge in [0.05, 0.1) is 4.88 Å². The van der Waals surface area contributed by atoms with E-state index in [4.69, 9.17) is 0 Å². The van der Waals surface area contributed by atoms with Gasteiger partial charge in [0, 0.05) is 23.7 Å². The van der Waals surface area contributed by atoms with Crippen molar-refractivity contribution in [1.29, 1.82) is 0 Å². The number of rotatable bonds is 4. The number of amides is 1. The molecule has 0 fully saturated rings. The minimum atomic E-state index is -0.224. The number of nitrogens with one attached hydrogen (secondary N) is 2. The zero-order chi connectivity index (χ0) is 17.3. The maximum atomic E-state index is 12.0. The SMILES string of the molecule is CCC(=O)Nc1cc(-c2cccs2)nn1-c1nc(C)c(C)c(=O)[nH]1. The Balaban J connectivity index is 2.14. The van der Waals surface area contributed by atoms with Crippen LogP contribution in [0.15, 0.2) is 28.4 Å². The molecule has 2 N–H and O–H groups in total. The van der Waals surface area contributed by atoms with Crippen molar-refractivity contribution < 1.29 is 4.79 Å². The van der Waals surface area contributed by atoms with E-state index in [-0.39, 0.29) is 17.4 Å². The van der Waals surface area contributed by atoms with Gasteiger partial charge in [-0.1, -0.05) is 13.0 Å². The van der Waals surface area contributed by atoms with Crippen LogP contribution in [0.1, 0.15) is 24.6 Å². The maximum Gasteiger partial charge on any atom is 0.255 e. The summed E-state index contributed by atoms with van der Waals surface area (Å²) in [7, 11) is 0. The number of H-pyrrole nitrogens is 1. The smallest absolute Gasteiger partial charge is 0.255 e. The lowest BCUT2D eigenvalue weighted by Gasteiger charge is -2.08. The Morgan fingerprint density at radius 1 is 1.42 bits per heavy atom. The molecule has 0 unspecified atom stereocenters. The Hall–Kier alpha value is -2.74. The lowest BCUT2D eigenvalue weighted by molar-refractivity contribution is -0.115. The fourth-order valence-corrected chi connectivity index (χ4v) is 2.82. The monoisotopic (exact) mass is 343 g/mol. The molecule has 7 nitrogen and oxygen atoms in total. The summed E-state index contributed by atoms with van der Waals surface area (Å²) in [4.78, 5) is 31.9. The van der Waals surface area contributed by atoms with Gasteiger partial charge in [0.2, 0.25) is 11.9 Å². The van der Waals surface area contributed by atoms with Crippen molar-refractivity contribution in [2.24, 2.45) is 0 Å². The normalized spacial score (nSPS) is 10.8. The molecule has 8 heteroatoms. The van der Waals surface area contributed by atoms with Gasteiger partial charge in [-0.3, -0.25) is 14.6 Å². The van der Waals surface area contributed by atoms with E-state index in [1.807, 2.05) is 17.5 Å². The van der Waals surface area contributed by atoms with Crippen LogP contribution >= 0.6 is 11.3 Å². The van der Waals surface area contributed by atoms with Gasteiger partial charge in [-0.05, 0) is 25.3 Å². The third-order valence-electron chi connectivity index (χ3n) is 3.65. The molecule has 0 aliphatic carbocycles. The summed E-state index contributed by atoms with van der Waals surface area (Å²) in [6, 6.07) is 5.65. The average Bonchev–Trinajstić information content (AvgIpc) is 3.21. The molecule has 24 heavy (non-hydrogen) atoms. The van der Waals surface area contributed by atoms with E-state index in [9.17, 15) is 9.59 Å². The molecule has 3 aromatic rings. The number of aryl methyl sites for hydroxylation is 1. The predicted octanol–water partition coefficient (Wildman–Crippen LogP) is 2.65. The van der Waals surface area contributed by atoms with E-state index >= 15 is 0 Å². The fourth-order valence-electron chi connectivity index (χ4n) is 2.14. The number of carbonyl (C=O) groups is 1. The number of hydrogen-bond donors (Lipinski definition) is 2. The minimum Gasteiger partial charge on any atom is -0.310 e. The standard InChI is InChI=1S/C16H17N5O2S/c1-4-14(22)18-13-8-11(12-6-5-7-24-12)20-21(13)16-17-10(3)9(2)15(23)19-16/h5-8H,4H2,1-3H3,(H,18,22)(H,17,19,23). The van der Waals surface area contributed by atoms with Crippen LogP contribution < -0.4 is 10.9 Å². The van der Waals surface area contributed by atoms with E-state index < -0.39 is 0 Å². The summed E-state index contributed by atoms with van der Waals surface area (Å²) in [6.07, 6.45) is 0.344. The van der Waals surface area contributed by atoms with E-state index in [0.29, 0.717) is 29.2 Å². The average molecular weight is 343 g/mol. The summed E-state index contributed by atoms with van der Waals surface area (Å²) in [5.41, 5.74) is 1.66. The molecule has 1 amide bonds. The number of aromatic nitrogens is 4. The second-order valence-electron chi connectivity index (χ2n) is 5.31. The van der Waals surface area contributed by atoms with Gasteiger partial charge >= 0.3 is 0 Å². The molecule has 0 saturated heterocycles. The highest BCUT2D eigenvalue weighted by molar-refractivity contribution is 7.13. The van der Waals surface area contributed by atoms with Crippen LogP contribution in [0.2, 0.25) is 0 Å². The summed E-state index contributed by atoms with van der Waals surface area (Å²) < 4.78 is 1.45. The second kappa shape index (κ2) is 6.40. The molecule has 3 rings (SSSR count). The molecule has 0 saturated carbocycles. The van der Waals surface area contributed by atoms with Crippen LogP contribution in [0.25, 0.3) is 16.5 Å². The van der Waals surface area contributed by atoms with Crippen molar-refractivity contribution in [2.45, 2.75) is 27.2 Å². The number of thiophene rings is 1. The molecular formula is C16H17N5O2S. The Morgan fingerprint density at radius 3 is 2.83 bits per heavy atom. The van der Waals surface area contributed by atoms with Gasteiger partial charge in [0.1, 0.15) is 11.5 Å². The zero-order valence-corrected chi connectivity index (χ0v) is 14.4. The molecule has 0 spiro atoms. The van der Waals surface area contributed by atoms with E-state index in [0.717, 1.165) is 4.88 Å². The van der Waals surface area contributed by atoms with Gasteiger partial charge in [0.25, 0.3) is 5.56 Å². The fraction of sp³-hybridized carbons (Fsp3) is 0.250. The number of aromatic amines is 1. The van der Waals surface area contributed by atoms with Gasteiger partial charge in [-0.2, -0.15) is 9.78 Å². The van der Waals surface area contributed by atoms with Gasteiger partial charge in [0.15, 0.2) is 0 Å². The second-order valence-corrected chi connectivity index (χ2v) is 6.25. The van der Waals surface area contributed by atoms with Crippen LogP contribution in [0.4, 0.5) is 5.82 Å². The van der Waals surface area contributed by atoms with Crippen LogP contribution in [-0.4, -0.2) is 25.7 Å². The summed E-state index contributed by atoms with van der Waals surface area (Å²) in [6.45, 7) is 5.25. The molecule has 3 aromatic heterocycles. The largest absolute Gasteiger partial charge is 0.310 e. The number of hydrogen-bond acceptors (Lipinski definition) is 5. The van der Waals surface area contributed by atoms with Crippen molar-refractivity contribution in [3.8, 4) is 16.5 Å². The molecule has 0 atom stereocenters. The van der Waals surface area contributed by atoms with Gasteiger partial charge in [-0.25, -0.2) is 4.98 Å². The number of carbonyl (C=O) groups excluding carboxylic acids is 1. The first-order valence-electron chi connectivity index (χ1n) is 7.51. The van der Waals surface area contributed by atoms with E-state index in [2.05, 4.69) is 20.4 Å². The zero-order valence-electron chi connectivity index (χ0n) is 13.6. The minimum absolute atomic E-state index is 0.139. The van der Waals surface area contributed by atoms with Crippen LogP contribution in [0.3, 0.4) is 0 Å². The third kappa shape index (κ3) is 3.00. The molecular weight excluding hydrogens is 326 g/mol. The summed E-state index contributed by atoms with van der Waals surface area (Å²) in [5, 5.41) is 9.25. The molecule has 0 radical (unpaired) electrons. The molecule has 0 bridgehead atoms. The van der Waals surface area contributed by atoms with Gasteiger partial charge < -0.3 is 5.32 Å². The Bertz CT molecular complexity index is 940. The summed E-state index contributed by atoms with van der Waals surface area (Å²) >= 11 is 1.55. The number of nitrogens with zero attached hydrogens (tertiary/aromatic N) is 3. The highest BCUT2D eigenvalue weighted by atomic mass is 32.1. The van der Waals surface area contributed by atoms with Crippen molar-refractivity contribution in [2.75, 3.05) is 5.32 Å². The lowest BCUT2D eigenvalue weighted by atomic mass is 10.3. The molecule has 3 heterocycles. The van der Waals surface area contributed by atoms with Crippen molar-refractivity contribution in [1.82, 2.24) is 19.7 Å². The molecule has 124 valence electrons. The van der Waals surface area contributed by atoms with Crippen LogP contribution in [0, 0.1) is 13.8 Å². The Labute approximate surface area is 142 Å². The predicted molar refractivity (Wildman–Crippen MR) is 93.7 cm³/mol. The van der Waals surface area contributed by atoms with Crippen molar-refractivity contribution in [3.63, 3.8) is 0 Å². The quantitative estimate of drug-likeness (QED) is 0.761. The van der Waals surface area contributed by atoms with Gasteiger partial charge in [-0.15, -0.1) is 11.3 Å². The highest BCUT2D eigenvalue weighted by Gasteiger charge is 2.16. The first kappa shape index (κ1) is 16.1. The lowest BCUT2D eigenvalue weighted by Crippen LogP contribution is -2.20. The molecule has 0 aromatic carbocycles. The third-order valence-corrected chi connectivity index (χ3v) is 4.55. The van der Waals surface area contributed by atoms with Crippen molar-refractivity contribution >= 4 is 23.1 Å². The maximum absolute atomic E-state index is 12.0. The Morgan fingerprint density at radius 2 is 2.21 bits per heavy atom. The van der Waals surface area contributed by atoms with Crippen LogP contribution in [-0.2, 0) is 4.79 Å². The van der Waals surface area contributed by atoms with E-state index in [1.165, 1.54) is 4.68 Å². The topological polar surface area (TPSA) is 92.7 Å². The first-order valence-corrected chi connectivity index (χ1v) is 8.39. The molecule has 0 aliphatic heterocycles. The van der Waals surface area contributed by atoms with Crippen LogP contribution in [0.5, 0.6) is 0 Å². The highest BCUT2D eigenvalue weighted by Crippen LogP contribution is 2.27. The van der Waals surface area contributed by atoms with E-state index in [1.54, 1.807) is 38.2 Å². The number of anilines is 1. The first-order chi connectivity index (χ1) is 11.5. The summed E-state index contributed by atoms with van der Waals surface area (Å²) in [5.74, 6) is 0.606. The van der Waals surface area contributed by atoms with Crippen molar-refractivity contribution in [3.05, 3.63) is 45.2 Å². The Kier molecular flexibility index (Phi) is 4.30.